The molecule has 3 nitrogen and oxygen atoms in total. The molecule has 1 aliphatic rings. The fourth-order valence-electron chi connectivity index (χ4n) is 2.76. The largest absolute Gasteiger partial charge is 0.327 e. The van der Waals surface area contributed by atoms with Crippen LogP contribution in [0.5, 0.6) is 0 Å². The highest BCUT2D eigenvalue weighted by atomic mass is 35.5. The van der Waals surface area contributed by atoms with Gasteiger partial charge in [0.05, 0.1) is 12.4 Å². The van der Waals surface area contributed by atoms with Gasteiger partial charge < -0.3 is 9.88 Å². The number of nitrogens with zero attached hydrogens (tertiary/aromatic N) is 2. The summed E-state index contributed by atoms with van der Waals surface area (Å²) >= 11 is 5.95. The van der Waals surface area contributed by atoms with E-state index in [2.05, 4.69) is 33.9 Å². The molecular weight excluding hydrogens is 258 g/mol. The van der Waals surface area contributed by atoms with Gasteiger partial charge in [-0.15, -0.1) is 0 Å². The molecule has 0 spiro atoms. The van der Waals surface area contributed by atoms with E-state index in [1.165, 1.54) is 17.7 Å². The van der Waals surface area contributed by atoms with E-state index in [0.717, 1.165) is 18.1 Å². The van der Waals surface area contributed by atoms with Crippen LogP contribution in [-0.4, -0.2) is 22.6 Å². The summed E-state index contributed by atoms with van der Waals surface area (Å²) in [4.78, 5) is 4.34. The van der Waals surface area contributed by atoms with Crippen LogP contribution >= 0.6 is 11.6 Å². The topological polar surface area (TPSA) is 29.9 Å². The van der Waals surface area contributed by atoms with Crippen molar-refractivity contribution in [2.24, 2.45) is 0 Å². The fraction of sp³-hybridized carbons (Fsp3) is 0.400. The summed E-state index contributed by atoms with van der Waals surface area (Å²) in [6.45, 7) is 4.36. The normalized spacial score (nSPS) is 20.6. The third-order valence-corrected chi connectivity index (χ3v) is 4.20. The van der Waals surface area contributed by atoms with Crippen molar-refractivity contribution in [3.05, 3.63) is 53.1 Å². The zero-order chi connectivity index (χ0) is 13.2. The van der Waals surface area contributed by atoms with E-state index in [4.69, 9.17) is 11.6 Å². The van der Waals surface area contributed by atoms with Crippen molar-refractivity contribution >= 4 is 11.6 Å². The molecule has 1 aromatic carbocycles. The van der Waals surface area contributed by atoms with Gasteiger partial charge in [-0.1, -0.05) is 23.7 Å². The molecule has 1 fully saturated rings. The van der Waals surface area contributed by atoms with E-state index < -0.39 is 0 Å². The Hall–Kier alpha value is -1.32. The zero-order valence-electron chi connectivity index (χ0n) is 11.0. The average molecular weight is 276 g/mol. The number of imidazole rings is 1. The molecule has 1 N–H and O–H groups in total. The standard InChI is InChI=1S/C15H18ClN3/c1-11(12-2-4-14(16)5-3-12)19-10-18-9-15(19)13-6-7-17-8-13/h2-5,9-11,13,17H,6-8H2,1H3. The summed E-state index contributed by atoms with van der Waals surface area (Å²) < 4.78 is 2.28. The van der Waals surface area contributed by atoms with Gasteiger partial charge in [-0.3, -0.25) is 0 Å². The number of aromatic nitrogens is 2. The molecular formula is C15H18ClN3. The van der Waals surface area contributed by atoms with Crippen molar-refractivity contribution < 1.29 is 0 Å². The number of halogens is 1. The minimum Gasteiger partial charge on any atom is -0.327 e. The number of nitrogens with one attached hydrogen (secondary N) is 1. The maximum Gasteiger partial charge on any atom is 0.0953 e. The van der Waals surface area contributed by atoms with E-state index in [1.54, 1.807) is 0 Å². The second-order valence-electron chi connectivity index (χ2n) is 5.14. The molecule has 2 atom stereocenters. The minimum atomic E-state index is 0.287. The van der Waals surface area contributed by atoms with Crippen molar-refractivity contribution in [2.45, 2.75) is 25.3 Å². The smallest absolute Gasteiger partial charge is 0.0953 e. The van der Waals surface area contributed by atoms with Crippen LogP contribution < -0.4 is 5.32 Å². The van der Waals surface area contributed by atoms with Crippen molar-refractivity contribution in [2.75, 3.05) is 13.1 Å². The molecule has 0 saturated carbocycles. The van der Waals surface area contributed by atoms with Crippen LogP contribution in [0.4, 0.5) is 0 Å². The number of hydrogen-bond acceptors (Lipinski definition) is 2. The van der Waals surface area contributed by atoms with E-state index in [1.807, 2.05) is 24.7 Å². The summed E-state index contributed by atoms with van der Waals surface area (Å²) in [7, 11) is 0. The number of rotatable bonds is 3. The van der Waals surface area contributed by atoms with Crippen molar-refractivity contribution in [3.63, 3.8) is 0 Å². The lowest BCUT2D eigenvalue weighted by Gasteiger charge is -2.19. The SMILES string of the molecule is CC(c1ccc(Cl)cc1)n1cncc1C1CCNC1. The first kappa shape index (κ1) is 12.7. The first-order valence-corrected chi connectivity index (χ1v) is 7.11. The van der Waals surface area contributed by atoms with Gasteiger partial charge in [0.1, 0.15) is 0 Å². The summed E-state index contributed by atoms with van der Waals surface area (Å²) in [5, 5.41) is 4.19. The molecule has 0 radical (unpaired) electrons. The lowest BCUT2D eigenvalue weighted by Crippen LogP contribution is -2.14. The molecule has 3 rings (SSSR count). The summed E-state index contributed by atoms with van der Waals surface area (Å²) in [6, 6.07) is 8.35. The first-order valence-electron chi connectivity index (χ1n) is 6.73. The maximum atomic E-state index is 5.95. The summed E-state index contributed by atoms with van der Waals surface area (Å²) in [5.41, 5.74) is 2.59. The Morgan fingerprint density at radius 3 is 2.84 bits per heavy atom. The molecule has 2 aromatic rings. The number of hydrogen-bond donors (Lipinski definition) is 1. The molecule has 2 unspecified atom stereocenters. The van der Waals surface area contributed by atoms with Crippen LogP contribution in [0.3, 0.4) is 0 Å². The Labute approximate surface area is 118 Å². The van der Waals surface area contributed by atoms with E-state index in [9.17, 15) is 0 Å². The molecule has 2 heterocycles. The molecule has 1 aliphatic heterocycles. The van der Waals surface area contributed by atoms with Crippen molar-refractivity contribution in [3.8, 4) is 0 Å². The third kappa shape index (κ3) is 2.53. The van der Waals surface area contributed by atoms with Gasteiger partial charge in [0.25, 0.3) is 0 Å². The van der Waals surface area contributed by atoms with Gasteiger partial charge in [0.15, 0.2) is 0 Å². The Kier molecular flexibility index (Phi) is 3.58. The van der Waals surface area contributed by atoms with E-state index >= 15 is 0 Å². The van der Waals surface area contributed by atoms with E-state index in [-0.39, 0.29) is 6.04 Å². The Bertz CT molecular complexity index is 541. The number of benzene rings is 1. The van der Waals surface area contributed by atoms with Gasteiger partial charge in [-0.25, -0.2) is 4.98 Å². The monoisotopic (exact) mass is 275 g/mol. The third-order valence-electron chi connectivity index (χ3n) is 3.94. The maximum absolute atomic E-state index is 5.95. The van der Waals surface area contributed by atoms with Crippen LogP contribution in [0.1, 0.15) is 36.6 Å². The van der Waals surface area contributed by atoms with Crippen LogP contribution in [0.25, 0.3) is 0 Å². The van der Waals surface area contributed by atoms with E-state index in [0.29, 0.717) is 5.92 Å². The molecule has 0 amide bonds. The van der Waals surface area contributed by atoms with Gasteiger partial charge >= 0.3 is 0 Å². The summed E-state index contributed by atoms with van der Waals surface area (Å²) in [6.07, 6.45) is 5.13. The van der Waals surface area contributed by atoms with Gasteiger partial charge in [0, 0.05) is 29.4 Å². The predicted octanol–water partition coefficient (Wildman–Crippen LogP) is 3.22. The van der Waals surface area contributed by atoms with Gasteiger partial charge in [-0.2, -0.15) is 0 Å². The molecule has 1 aromatic heterocycles. The highest BCUT2D eigenvalue weighted by Gasteiger charge is 2.22. The molecule has 100 valence electrons. The van der Waals surface area contributed by atoms with Crippen molar-refractivity contribution in [1.29, 1.82) is 0 Å². The second-order valence-corrected chi connectivity index (χ2v) is 5.58. The molecule has 0 bridgehead atoms. The zero-order valence-corrected chi connectivity index (χ0v) is 11.8. The molecule has 19 heavy (non-hydrogen) atoms. The lowest BCUT2D eigenvalue weighted by atomic mass is 10.0. The Morgan fingerprint density at radius 2 is 2.16 bits per heavy atom. The van der Waals surface area contributed by atoms with Crippen molar-refractivity contribution in [1.82, 2.24) is 14.9 Å². The predicted molar refractivity (Wildman–Crippen MR) is 77.7 cm³/mol. The molecule has 1 saturated heterocycles. The Balaban J connectivity index is 1.89. The van der Waals surface area contributed by atoms with Crippen LogP contribution in [-0.2, 0) is 0 Å². The Morgan fingerprint density at radius 1 is 1.37 bits per heavy atom. The van der Waals surface area contributed by atoms with Gasteiger partial charge in [0.2, 0.25) is 0 Å². The highest BCUT2D eigenvalue weighted by molar-refractivity contribution is 6.30. The highest BCUT2D eigenvalue weighted by Crippen LogP contribution is 2.27. The average Bonchev–Trinajstić information content (AvgIpc) is 3.09. The first-order chi connectivity index (χ1) is 9.25. The minimum absolute atomic E-state index is 0.287. The fourth-order valence-corrected chi connectivity index (χ4v) is 2.89. The summed E-state index contributed by atoms with van der Waals surface area (Å²) in [5.74, 6) is 0.581. The second kappa shape index (κ2) is 5.35. The van der Waals surface area contributed by atoms with Crippen LogP contribution in [0.2, 0.25) is 5.02 Å². The molecule has 0 aliphatic carbocycles. The van der Waals surface area contributed by atoms with Crippen LogP contribution in [0, 0.1) is 0 Å². The quantitative estimate of drug-likeness (QED) is 0.932. The van der Waals surface area contributed by atoms with Crippen LogP contribution in [0.15, 0.2) is 36.8 Å². The lowest BCUT2D eigenvalue weighted by molar-refractivity contribution is 0.574. The van der Waals surface area contributed by atoms with Gasteiger partial charge in [-0.05, 0) is 37.6 Å². The molecule has 4 heteroatoms.